The molecule has 146 valence electrons. The van der Waals surface area contributed by atoms with E-state index in [9.17, 15) is 0 Å². The van der Waals surface area contributed by atoms with Crippen molar-refractivity contribution in [2.45, 2.75) is 64.1 Å². The van der Waals surface area contributed by atoms with Crippen LogP contribution in [0.4, 0.5) is 0 Å². The Bertz CT molecular complexity index is 683. The molecule has 27 heavy (non-hydrogen) atoms. The van der Waals surface area contributed by atoms with Crippen LogP contribution in [0.3, 0.4) is 0 Å². The number of hydrogen-bond acceptors (Lipinski definition) is 4. The van der Waals surface area contributed by atoms with E-state index >= 15 is 0 Å². The number of unbranched alkanes of at least 4 members (excludes halogenated alkanes) is 1. The topological polar surface area (TPSA) is 40.6 Å². The van der Waals surface area contributed by atoms with Crippen LogP contribution in [-0.2, 0) is 11.2 Å². The third-order valence-corrected chi connectivity index (χ3v) is 5.09. The second kappa shape index (κ2) is 10.3. The molecule has 4 nitrogen and oxygen atoms in total. The molecule has 3 rings (SSSR count). The van der Waals surface area contributed by atoms with Crippen molar-refractivity contribution in [3.8, 4) is 11.5 Å². The highest BCUT2D eigenvalue weighted by molar-refractivity contribution is 5.44. The molecular formula is C23H31NO3. The monoisotopic (exact) mass is 369 g/mol. The molecule has 0 saturated heterocycles. The maximum atomic E-state index is 6.27. The van der Waals surface area contributed by atoms with E-state index in [1.54, 1.807) is 7.11 Å². The van der Waals surface area contributed by atoms with Gasteiger partial charge in [0.25, 0.3) is 0 Å². The number of benzene rings is 1. The average molecular weight is 370 g/mol. The van der Waals surface area contributed by atoms with Crippen molar-refractivity contribution in [1.29, 1.82) is 0 Å². The molecule has 1 saturated carbocycles. The zero-order chi connectivity index (χ0) is 18.9. The van der Waals surface area contributed by atoms with Crippen LogP contribution in [0.1, 0.15) is 62.8 Å². The average Bonchev–Trinajstić information content (AvgIpc) is 3.21. The van der Waals surface area contributed by atoms with Gasteiger partial charge in [0.05, 0.1) is 19.3 Å². The number of rotatable bonds is 10. The van der Waals surface area contributed by atoms with Gasteiger partial charge in [0.15, 0.2) is 11.5 Å². The molecule has 0 amide bonds. The van der Waals surface area contributed by atoms with Gasteiger partial charge in [0, 0.05) is 24.9 Å². The lowest BCUT2D eigenvalue weighted by Gasteiger charge is -2.21. The minimum absolute atomic E-state index is 0.0386. The first-order chi connectivity index (χ1) is 13.3. The molecule has 1 atom stereocenters. The van der Waals surface area contributed by atoms with E-state index in [2.05, 4.69) is 30.1 Å². The van der Waals surface area contributed by atoms with Crippen LogP contribution < -0.4 is 9.47 Å². The summed E-state index contributed by atoms with van der Waals surface area (Å²) in [6.45, 7) is 2.93. The molecule has 0 spiro atoms. The summed E-state index contributed by atoms with van der Waals surface area (Å²) < 4.78 is 18.0. The highest BCUT2D eigenvalue weighted by Crippen LogP contribution is 2.35. The highest BCUT2D eigenvalue weighted by atomic mass is 16.5. The number of nitrogens with zero attached hydrogens (tertiary/aromatic N) is 1. The first-order valence-electron chi connectivity index (χ1n) is 10.2. The van der Waals surface area contributed by atoms with Crippen molar-refractivity contribution >= 4 is 0 Å². The first-order valence-corrected chi connectivity index (χ1v) is 10.2. The SMILES string of the molecule is CCCCOC(Cc1ccccn1)c1ccc(OC)c(OC2CCCC2)c1. The van der Waals surface area contributed by atoms with Crippen LogP contribution in [0.15, 0.2) is 42.6 Å². The van der Waals surface area contributed by atoms with Gasteiger partial charge in [-0.05, 0) is 61.9 Å². The number of aromatic nitrogens is 1. The van der Waals surface area contributed by atoms with E-state index in [-0.39, 0.29) is 6.10 Å². The lowest BCUT2D eigenvalue weighted by Crippen LogP contribution is -2.13. The smallest absolute Gasteiger partial charge is 0.161 e. The van der Waals surface area contributed by atoms with Crippen molar-refractivity contribution in [1.82, 2.24) is 4.98 Å². The zero-order valence-electron chi connectivity index (χ0n) is 16.5. The Hall–Kier alpha value is -2.07. The number of pyridine rings is 1. The predicted molar refractivity (Wildman–Crippen MR) is 107 cm³/mol. The maximum absolute atomic E-state index is 6.27. The lowest BCUT2D eigenvalue weighted by atomic mass is 10.0. The van der Waals surface area contributed by atoms with Crippen LogP contribution in [-0.4, -0.2) is 24.8 Å². The van der Waals surface area contributed by atoms with Gasteiger partial charge in [-0.3, -0.25) is 4.98 Å². The van der Waals surface area contributed by atoms with Gasteiger partial charge < -0.3 is 14.2 Å². The maximum Gasteiger partial charge on any atom is 0.161 e. The fourth-order valence-electron chi connectivity index (χ4n) is 3.52. The molecule has 4 heteroatoms. The molecule has 0 radical (unpaired) electrons. The Morgan fingerprint density at radius 3 is 2.67 bits per heavy atom. The zero-order valence-corrected chi connectivity index (χ0v) is 16.5. The largest absolute Gasteiger partial charge is 0.493 e. The molecule has 1 fully saturated rings. The fourth-order valence-corrected chi connectivity index (χ4v) is 3.52. The van der Waals surface area contributed by atoms with E-state index in [1.807, 2.05) is 24.4 Å². The number of ether oxygens (including phenoxy) is 3. The molecular weight excluding hydrogens is 338 g/mol. The normalized spacial score (nSPS) is 15.6. The molecule has 0 bridgehead atoms. The van der Waals surface area contributed by atoms with Crippen LogP contribution in [0, 0.1) is 0 Å². The van der Waals surface area contributed by atoms with Crippen molar-refractivity contribution in [2.24, 2.45) is 0 Å². The Morgan fingerprint density at radius 2 is 1.96 bits per heavy atom. The third-order valence-electron chi connectivity index (χ3n) is 5.09. The van der Waals surface area contributed by atoms with Gasteiger partial charge in [-0.25, -0.2) is 0 Å². The molecule has 0 N–H and O–H groups in total. The summed E-state index contributed by atoms with van der Waals surface area (Å²) in [7, 11) is 1.69. The van der Waals surface area contributed by atoms with Gasteiger partial charge in [-0.15, -0.1) is 0 Å². The molecule has 1 aromatic heterocycles. The molecule has 0 aliphatic heterocycles. The van der Waals surface area contributed by atoms with Crippen LogP contribution in [0.5, 0.6) is 11.5 Å². The Morgan fingerprint density at radius 1 is 1.11 bits per heavy atom. The van der Waals surface area contributed by atoms with Gasteiger partial charge >= 0.3 is 0 Å². The molecule has 1 aromatic carbocycles. The van der Waals surface area contributed by atoms with Crippen molar-refractivity contribution in [3.05, 3.63) is 53.9 Å². The quantitative estimate of drug-likeness (QED) is 0.518. The summed E-state index contributed by atoms with van der Waals surface area (Å²) in [6.07, 6.45) is 9.75. The molecule has 1 heterocycles. The van der Waals surface area contributed by atoms with E-state index in [4.69, 9.17) is 14.2 Å². The third kappa shape index (κ3) is 5.70. The lowest BCUT2D eigenvalue weighted by molar-refractivity contribution is 0.0499. The number of hydrogen-bond donors (Lipinski definition) is 0. The number of methoxy groups -OCH3 is 1. The van der Waals surface area contributed by atoms with Gasteiger partial charge in [-0.2, -0.15) is 0 Å². The minimum atomic E-state index is -0.0386. The minimum Gasteiger partial charge on any atom is -0.493 e. The van der Waals surface area contributed by atoms with Crippen molar-refractivity contribution in [2.75, 3.05) is 13.7 Å². The van der Waals surface area contributed by atoms with E-state index in [0.29, 0.717) is 6.10 Å². The van der Waals surface area contributed by atoms with E-state index in [0.717, 1.165) is 61.5 Å². The standard InChI is InChI=1S/C23H31NO3/c1-3-4-15-26-22(17-19-9-7-8-14-24-19)18-12-13-21(25-2)23(16-18)27-20-10-5-6-11-20/h7-9,12-14,16,20,22H,3-6,10-11,15,17H2,1-2H3. The first kappa shape index (κ1) is 19.7. The van der Waals surface area contributed by atoms with Gasteiger partial charge in [0.2, 0.25) is 0 Å². The van der Waals surface area contributed by atoms with E-state index in [1.165, 1.54) is 12.8 Å². The summed E-state index contributed by atoms with van der Waals surface area (Å²) in [5, 5.41) is 0. The van der Waals surface area contributed by atoms with Crippen LogP contribution >= 0.6 is 0 Å². The Labute approximate surface area is 162 Å². The van der Waals surface area contributed by atoms with Crippen LogP contribution in [0.25, 0.3) is 0 Å². The van der Waals surface area contributed by atoms with Gasteiger partial charge in [0.1, 0.15) is 0 Å². The second-order valence-electron chi connectivity index (χ2n) is 7.17. The summed E-state index contributed by atoms with van der Waals surface area (Å²) in [4.78, 5) is 4.48. The summed E-state index contributed by atoms with van der Waals surface area (Å²) in [5.74, 6) is 1.61. The molecule has 1 aliphatic carbocycles. The summed E-state index contributed by atoms with van der Waals surface area (Å²) >= 11 is 0. The van der Waals surface area contributed by atoms with E-state index < -0.39 is 0 Å². The summed E-state index contributed by atoms with van der Waals surface area (Å²) in [5.41, 5.74) is 2.15. The van der Waals surface area contributed by atoms with Crippen LogP contribution in [0.2, 0.25) is 0 Å². The molecule has 1 aliphatic rings. The molecule has 2 aromatic rings. The highest BCUT2D eigenvalue weighted by Gasteiger charge is 2.21. The Balaban J connectivity index is 1.80. The van der Waals surface area contributed by atoms with Gasteiger partial charge in [-0.1, -0.05) is 25.5 Å². The molecule has 1 unspecified atom stereocenters. The summed E-state index contributed by atoms with van der Waals surface area (Å²) in [6, 6.07) is 12.2. The predicted octanol–water partition coefficient (Wildman–Crippen LogP) is 5.51. The Kier molecular flexibility index (Phi) is 7.52. The second-order valence-corrected chi connectivity index (χ2v) is 7.17. The fraction of sp³-hybridized carbons (Fsp3) is 0.522. The van der Waals surface area contributed by atoms with Crippen molar-refractivity contribution < 1.29 is 14.2 Å². The van der Waals surface area contributed by atoms with Crippen molar-refractivity contribution in [3.63, 3.8) is 0 Å².